The van der Waals surface area contributed by atoms with Crippen LogP contribution in [0.15, 0.2) is 12.1 Å². The highest BCUT2D eigenvalue weighted by Crippen LogP contribution is 2.19. The first-order chi connectivity index (χ1) is 6.54. The van der Waals surface area contributed by atoms with Gasteiger partial charge in [0.15, 0.2) is 0 Å². The van der Waals surface area contributed by atoms with Crippen LogP contribution in [0.2, 0.25) is 0 Å². The van der Waals surface area contributed by atoms with Gasteiger partial charge in [0, 0.05) is 0 Å². The van der Waals surface area contributed by atoms with Crippen LogP contribution >= 0.6 is 0 Å². The minimum Gasteiger partial charge on any atom is -0.207 e. The third-order valence-electron chi connectivity index (χ3n) is 2.88. The molecule has 1 heteroatoms. The van der Waals surface area contributed by atoms with Crippen LogP contribution in [0.3, 0.4) is 0 Å². The molecule has 1 rings (SSSR count). The predicted molar refractivity (Wildman–Crippen MR) is 59.0 cm³/mol. The Morgan fingerprint density at radius 2 is 1.86 bits per heavy atom. The van der Waals surface area contributed by atoms with Gasteiger partial charge in [-0.1, -0.05) is 26.3 Å². The third-order valence-corrected chi connectivity index (χ3v) is 2.88. The molecule has 0 saturated heterocycles. The zero-order chi connectivity index (χ0) is 10.7. The zero-order valence-electron chi connectivity index (χ0n) is 9.52. The Hall–Kier alpha value is -0.850. The SMILES string of the molecule is CCC(C)Cc1cc(C)c(F)cc1C. The number of benzene rings is 1. The molecule has 1 atom stereocenters. The molecular formula is C13H19F. The topological polar surface area (TPSA) is 0 Å². The highest BCUT2D eigenvalue weighted by molar-refractivity contribution is 5.32. The van der Waals surface area contributed by atoms with Crippen molar-refractivity contribution < 1.29 is 4.39 Å². The minimum atomic E-state index is -0.0876. The van der Waals surface area contributed by atoms with E-state index in [0.717, 1.165) is 17.5 Å². The summed E-state index contributed by atoms with van der Waals surface area (Å²) < 4.78 is 13.2. The van der Waals surface area contributed by atoms with Crippen molar-refractivity contribution >= 4 is 0 Å². The lowest BCUT2D eigenvalue weighted by molar-refractivity contribution is 0.556. The van der Waals surface area contributed by atoms with Gasteiger partial charge in [-0.3, -0.25) is 0 Å². The summed E-state index contributed by atoms with van der Waals surface area (Å²) in [4.78, 5) is 0. The monoisotopic (exact) mass is 194 g/mol. The van der Waals surface area contributed by atoms with Crippen LogP contribution in [0.4, 0.5) is 4.39 Å². The molecule has 0 saturated carbocycles. The average Bonchev–Trinajstić information content (AvgIpc) is 2.14. The van der Waals surface area contributed by atoms with Gasteiger partial charge in [-0.25, -0.2) is 4.39 Å². The second kappa shape index (κ2) is 4.59. The molecule has 0 nitrogen and oxygen atoms in total. The first-order valence-corrected chi connectivity index (χ1v) is 5.30. The van der Waals surface area contributed by atoms with Crippen LogP contribution in [0.1, 0.15) is 37.0 Å². The molecule has 0 aromatic heterocycles. The van der Waals surface area contributed by atoms with E-state index in [1.165, 1.54) is 12.0 Å². The van der Waals surface area contributed by atoms with E-state index in [9.17, 15) is 4.39 Å². The largest absolute Gasteiger partial charge is 0.207 e. The Balaban J connectivity index is 2.92. The molecule has 0 fully saturated rings. The molecular weight excluding hydrogens is 175 g/mol. The van der Waals surface area contributed by atoms with E-state index in [4.69, 9.17) is 0 Å². The maximum atomic E-state index is 13.2. The quantitative estimate of drug-likeness (QED) is 0.681. The van der Waals surface area contributed by atoms with Gasteiger partial charge in [0.1, 0.15) is 5.82 Å². The molecule has 14 heavy (non-hydrogen) atoms. The van der Waals surface area contributed by atoms with E-state index in [2.05, 4.69) is 13.8 Å². The van der Waals surface area contributed by atoms with Gasteiger partial charge >= 0.3 is 0 Å². The van der Waals surface area contributed by atoms with Gasteiger partial charge in [-0.15, -0.1) is 0 Å². The summed E-state index contributed by atoms with van der Waals surface area (Å²) in [6.07, 6.45) is 2.24. The molecule has 0 aliphatic heterocycles. The van der Waals surface area contributed by atoms with Gasteiger partial charge in [0.2, 0.25) is 0 Å². The van der Waals surface area contributed by atoms with Crippen LogP contribution in [0.5, 0.6) is 0 Å². The van der Waals surface area contributed by atoms with Gasteiger partial charge in [-0.2, -0.15) is 0 Å². The van der Waals surface area contributed by atoms with Crippen molar-refractivity contribution in [3.05, 3.63) is 34.6 Å². The van der Waals surface area contributed by atoms with E-state index in [0.29, 0.717) is 5.92 Å². The van der Waals surface area contributed by atoms with Gasteiger partial charge in [0.05, 0.1) is 0 Å². The highest BCUT2D eigenvalue weighted by Gasteiger charge is 2.07. The highest BCUT2D eigenvalue weighted by atomic mass is 19.1. The zero-order valence-corrected chi connectivity index (χ0v) is 9.52. The van der Waals surface area contributed by atoms with Crippen molar-refractivity contribution in [2.75, 3.05) is 0 Å². The summed E-state index contributed by atoms with van der Waals surface area (Å²) in [5.74, 6) is 0.592. The molecule has 1 unspecified atom stereocenters. The Morgan fingerprint density at radius 1 is 1.21 bits per heavy atom. The fourth-order valence-electron chi connectivity index (χ4n) is 1.58. The van der Waals surface area contributed by atoms with E-state index in [1.54, 1.807) is 6.07 Å². The summed E-state index contributed by atoms with van der Waals surface area (Å²) in [7, 11) is 0. The molecule has 0 aliphatic carbocycles. The van der Waals surface area contributed by atoms with E-state index < -0.39 is 0 Å². The van der Waals surface area contributed by atoms with Crippen molar-refractivity contribution in [1.29, 1.82) is 0 Å². The maximum absolute atomic E-state index is 13.2. The standard InChI is InChI=1S/C13H19F/c1-5-9(2)6-12-7-11(4)13(14)8-10(12)3/h7-9H,5-6H2,1-4H3. The van der Waals surface area contributed by atoms with E-state index in [-0.39, 0.29) is 5.82 Å². The average molecular weight is 194 g/mol. The normalized spacial score (nSPS) is 12.9. The van der Waals surface area contributed by atoms with Crippen molar-refractivity contribution in [3.8, 4) is 0 Å². The second-order valence-corrected chi connectivity index (χ2v) is 4.25. The Morgan fingerprint density at radius 3 is 2.43 bits per heavy atom. The van der Waals surface area contributed by atoms with E-state index in [1.807, 2.05) is 19.9 Å². The lowest BCUT2D eigenvalue weighted by Gasteiger charge is -2.12. The van der Waals surface area contributed by atoms with Crippen LogP contribution < -0.4 is 0 Å². The van der Waals surface area contributed by atoms with Gasteiger partial charge < -0.3 is 0 Å². The molecule has 0 bridgehead atoms. The molecule has 0 amide bonds. The van der Waals surface area contributed by atoms with Gasteiger partial charge in [0.25, 0.3) is 0 Å². The first-order valence-electron chi connectivity index (χ1n) is 5.30. The molecule has 1 aromatic rings. The number of hydrogen-bond acceptors (Lipinski definition) is 0. The van der Waals surface area contributed by atoms with Crippen molar-refractivity contribution in [2.24, 2.45) is 5.92 Å². The fraction of sp³-hybridized carbons (Fsp3) is 0.538. The lowest BCUT2D eigenvalue weighted by atomic mass is 9.94. The second-order valence-electron chi connectivity index (χ2n) is 4.25. The van der Waals surface area contributed by atoms with Crippen LogP contribution in [-0.4, -0.2) is 0 Å². The summed E-state index contributed by atoms with van der Waals surface area (Å²) in [5.41, 5.74) is 3.13. The number of hydrogen-bond donors (Lipinski definition) is 0. The summed E-state index contributed by atoms with van der Waals surface area (Å²) in [6.45, 7) is 8.24. The van der Waals surface area contributed by atoms with Crippen molar-refractivity contribution in [1.82, 2.24) is 0 Å². The summed E-state index contributed by atoms with van der Waals surface area (Å²) >= 11 is 0. The summed E-state index contributed by atoms with van der Waals surface area (Å²) in [5, 5.41) is 0. The summed E-state index contributed by atoms with van der Waals surface area (Å²) in [6, 6.07) is 3.63. The Bertz CT molecular complexity index is 315. The molecule has 0 radical (unpaired) electrons. The van der Waals surface area contributed by atoms with E-state index >= 15 is 0 Å². The van der Waals surface area contributed by atoms with Crippen molar-refractivity contribution in [3.63, 3.8) is 0 Å². The Kier molecular flexibility index (Phi) is 3.68. The molecule has 78 valence electrons. The molecule has 0 spiro atoms. The molecule has 0 N–H and O–H groups in total. The number of aryl methyl sites for hydroxylation is 2. The number of rotatable bonds is 3. The van der Waals surface area contributed by atoms with Crippen LogP contribution in [0.25, 0.3) is 0 Å². The van der Waals surface area contributed by atoms with Gasteiger partial charge in [-0.05, 0) is 48.9 Å². The Labute approximate surface area is 86.2 Å². The predicted octanol–water partition coefficient (Wildman–Crippen LogP) is 4.03. The molecule has 0 aliphatic rings. The van der Waals surface area contributed by atoms with Crippen molar-refractivity contribution in [2.45, 2.75) is 40.5 Å². The smallest absolute Gasteiger partial charge is 0.126 e. The maximum Gasteiger partial charge on any atom is 0.126 e. The third kappa shape index (κ3) is 2.57. The first kappa shape index (κ1) is 11.2. The van der Waals surface area contributed by atoms with Crippen LogP contribution in [-0.2, 0) is 6.42 Å². The molecule has 0 heterocycles. The molecule has 1 aromatic carbocycles. The minimum absolute atomic E-state index is 0.0876. The number of halogens is 1. The lowest BCUT2D eigenvalue weighted by Crippen LogP contribution is -2.01. The fourth-order valence-corrected chi connectivity index (χ4v) is 1.58. The van der Waals surface area contributed by atoms with Crippen LogP contribution in [0, 0.1) is 25.6 Å².